The highest BCUT2D eigenvalue weighted by Crippen LogP contribution is 2.50. The van der Waals surface area contributed by atoms with E-state index >= 15 is 0 Å². The maximum Gasteiger partial charge on any atom is 0.416 e. The molecule has 2 aromatic rings. The van der Waals surface area contributed by atoms with Gasteiger partial charge in [-0.15, -0.1) is 0 Å². The molecule has 1 saturated carbocycles. The van der Waals surface area contributed by atoms with Crippen LogP contribution in [0.5, 0.6) is 17.2 Å². The van der Waals surface area contributed by atoms with Crippen molar-refractivity contribution in [2.24, 2.45) is 0 Å². The second-order valence-corrected chi connectivity index (χ2v) is 8.50. The minimum absolute atomic E-state index is 0.0766. The summed E-state index contributed by atoms with van der Waals surface area (Å²) in [5, 5.41) is 47.2. The molecule has 13 heteroatoms. The smallest absolute Gasteiger partial charge is 0.416 e. The number of aromatic hydroxyl groups is 1. The highest BCUT2D eigenvalue weighted by molar-refractivity contribution is 6.02. The van der Waals surface area contributed by atoms with Gasteiger partial charge in [0.15, 0.2) is 11.5 Å². The summed E-state index contributed by atoms with van der Waals surface area (Å²) in [6.45, 7) is -0.235. The van der Waals surface area contributed by atoms with E-state index in [1.165, 1.54) is 6.07 Å². The van der Waals surface area contributed by atoms with Gasteiger partial charge in [-0.1, -0.05) is 6.07 Å². The summed E-state index contributed by atoms with van der Waals surface area (Å²) in [5.74, 6) is -3.46. The number of aliphatic hydroxyl groups excluding tert-OH is 3. The molecule has 1 aliphatic carbocycles. The third-order valence-electron chi connectivity index (χ3n) is 6.51. The molecule has 0 unspecified atom stereocenters. The Morgan fingerprint density at radius 3 is 2.54 bits per heavy atom. The number of aliphatic hydroxyl groups is 3. The van der Waals surface area contributed by atoms with E-state index in [4.69, 9.17) is 9.47 Å². The van der Waals surface area contributed by atoms with Crippen LogP contribution >= 0.6 is 0 Å². The topological polar surface area (TPSA) is 158 Å². The summed E-state index contributed by atoms with van der Waals surface area (Å²) in [4.78, 5) is 25.7. The fraction of sp³-hybridized carbons (Fsp3) is 0.364. The lowest BCUT2D eigenvalue weighted by Gasteiger charge is -2.49. The average Bonchev–Trinajstić information content (AvgIpc) is 3.29. The summed E-state index contributed by atoms with van der Waals surface area (Å²) < 4.78 is 49.8. The van der Waals surface area contributed by atoms with E-state index in [0.29, 0.717) is 6.07 Å². The van der Waals surface area contributed by atoms with Crippen LogP contribution in [0.3, 0.4) is 0 Å². The number of rotatable bonds is 2. The molecule has 2 heterocycles. The Hall–Kier alpha value is -3.55. The van der Waals surface area contributed by atoms with Crippen LogP contribution in [0.4, 0.5) is 13.2 Å². The van der Waals surface area contributed by atoms with Crippen molar-refractivity contribution in [2.75, 3.05) is 6.79 Å². The SMILES string of the molecule is O=C(N[C@H]1[C@H](O)[C@@H](O)[C@@H](O)[C@@H]2NC(=O)c3c(cc4c(c3O)OCO4)[C@@H]12)c1cccc(C(F)(F)F)c1. The minimum atomic E-state index is -4.70. The number of alkyl halides is 3. The molecule has 1 fully saturated rings. The third-order valence-corrected chi connectivity index (χ3v) is 6.51. The Labute approximate surface area is 194 Å². The maximum atomic E-state index is 13.1. The van der Waals surface area contributed by atoms with Crippen molar-refractivity contribution in [1.29, 1.82) is 0 Å². The summed E-state index contributed by atoms with van der Waals surface area (Å²) in [6, 6.07) is 2.36. The lowest BCUT2D eigenvalue weighted by Crippen LogP contribution is -2.69. The van der Waals surface area contributed by atoms with Crippen molar-refractivity contribution in [2.45, 2.75) is 42.5 Å². The summed E-state index contributed by atoms with van der Waals surface area (Å²) >= 11 is 0. The van der Waals surface area contributed by atoms with Crippen molar-refractivity contribution in [1.82, 2.24) is 10.6 Å². The Morgan fingerprint density at radius 2 is 1.83 bits per heavy atom. The molecule has 10 nitrogen and oxygen atoms in total. The monoisotopic (exact) mass is 496 g/mol. The molecule has 0 saturated heterocycles. The van der Waals surface area contributed by atoms with Crippen LogP contribution in [0.1, 0.15) is 37.8 Å². The van der Waals surface area contributed by atoms with Gasteiger partial charge in [-0.2, -0.15) is 13.2 Å². The molecule has 6 atom stereocenters. The van der Waals surface area contributed by atoms with Crippen molar-refractivity contribution < 1.29 is 52.7 Å². The summed E-state index contributed by atoms with van der Waals surface area (Å²) in [6.07, 6.45) is -9.95. The van der Waals surface area contributed by atoms with Crippen LogP contribution < -0.4 is 20.1 Å². The van der Waals surface area contributed by atoms with Crippen LogP contribution in [0.15, 0.2) is 30.3 Å². The number of benzene rings is 2. The molecule has 2 amide bonds. The quantitative estimate of drug-likeness (QED) is 0.345. The molecular weight excluding hydrogens is 477 g/mol. The first-order valence-electron chi connectivity index (χ1n) is 10.5. The highest BCUT2D eigenvalue weighted by atomic mass is 19.4. The average molecular weight is 496 g/mol. The molecule has 186 valence electrons. The summed E-state index contributed by atoms with van der Waals surface area (Å²) in [7, 11) is 0. The zero-order valence-electron chi connectivity index (χ0n) is 17.6. The molecule has 0 bridgehead atoms. The fourth-order valence-corrected chi connectivity index (χ4v) is 4.85. The van der Waals surface area contributed by atoms with E-state index < -0.39 is 65.6 Å². The van der Waals surface area contributed by atoms with Gasteiger partial charge in [-0.3, -0.25) is 9.59 Å². The number of fused-ring (bicyclic) bond motifs is 4. The predicted octanol–water partition coefficient (Wildman–Crippen LogP) is 0.230. The van der Waals surface area contributed by atoms with Crippen LogP contribution in [0.25, 0.3) is 0 Å². The number of carbonyl (C=O) groups excluding carboxylic acids is 2. The third kappa shape index (κ3) is 3.63. The Kier molecular flexibility index (Phi) is 5.30. The zero-order chi connectivity index (χ0) is 25.2. The minimum Gasteiger partial charge on any atom is -0.504 e. The lowest BCUT2D eigenvalue weighted by molar-refractivity contribution is -0.137. The molecule has 3 aliphatic rings. The number of phenolic OH excluding ortho intramolecular Hbond substituents is 1. The number of hydrogen-bond donors (Lipinski definition) is 6. The first-order valence-corrected chi connectivity index (χ1v) is 10.5. The Balaban J connectivity index is 1.57. The van der Waals surface area contributed by atoms with Crippen molar-refractivity contribution >= 4 is 11.8 Å². The van der Waals surface area contributed by atoms with E-state index in [0.717, 1.165) is 18.2 Å². The number of nitrogens with one attached hydrogen (secondary N) is 2. The molecule has 0 spiro atoms. The molecule has 2 aromatic carbocycles. The second kappa shape index (κ2) is 8.00. The van der Waals surface area contributed by atoms with Gasteiger partial charge in [-0.25, -0.2) is 0 Å². The lowest BCUT2D eigenvalue weighted by atomic mass is 9.68. The molecule has 35 heavy (non-hydrogen) atoms. The molecule has 6 N–H and O–H groups in total. The molecule has 0 aromatic heterocycles. The molecule has 0 radical (unpaired) electrons. The fourth-order valence-electron chi connectivity index (χ4n) is 4.85. The van der Waals surface area contributed by atoms with Crippen LogP contribution in [0.2, 0.25) is 0 Å². The van der Waals surface area contributed by atoms with Gasteiger partial charge in [-0.05, 0) is 29.8 Å². The number of amides is 2. The Bertz CT molecular complexity index is 1220. The molecule has 2 aliphatic heterocycles. The van der Waals surface area contributed by atoms with E-state index in [-0.39, 0.29) is 35.0 Å². The Morgan fingerprint density at radius 1 is 1.09 bits per heavy atom. The van der Waals surface area contributed by atoms with Crippen LogP contribution in [-0.4, -0.2) is 69.4 Å². The summed E-state index contributed by atoms with van der Waals surface area (Å²) in [5.41, 5.74) is -1.59. The maximum absolute atomic E-state index is 13.1. The normalized spacial score (nSPS) is 29.1. The second-order valence-electron chi connectivity index (χ2n) is 8.50. The first kappa shape index (κ1) is 23.2. The number of carbonyl (C=O) groups is 2. The number of halogens is 3. The van der Waals surface area contributed by atoms with Crippen molar-refractivity contribution in [3.8, 4) is 17.2 Å². The van der Waals surface area contributed by atoms with E-state index in [9.17, 15) is 43.2 Å². The molecule has 5 rings (SSSR count). The van der Waals surface area contributed by atoms with Gasteiger partial charge in [0.25, 0.3) is 11.8 Å². The van der Waals surface area contributed by atoms with E-state index in [2.05, 4.69) is 10.6 Å². The van der Waals surface area contributed by atoms with Crippen LogP contribution in [0, 0.1) is 0 Å². The van der Waals surface area contributed by atoms with Gasteiger partial charge < -0.3 is 40.5 Å². The van der Waals surface area contributed by atoms with Crippen LogP contribution in [-0.2, 0) is 6.18 Å². The van der Waals surface area contributed by atoms with Crippen molar-refractivity contribution in [3.63, 3.8) is 0 Å². The first-order chi connectivity index (χ1) is 16.5. The van der Waals surface area contributed by atoms with Gasteiger partial charge in [0.1, 0.15) is 18.3 Å². The zero-order valence-corrected chi connectivity index (χ0v) is 17.6. The standard InChI is InChI=1S/C22H19F3N2O8/c23-22(24,25)8-3-1-2-7(4-8)20(32)26-13-11-9-5-10-19(35-6-34-10)15(28)12(9)21(33)27-14(11)17(30)18(31)16(13)29/h1-5,11,13-14,16-18,28-31H,6H2,(H,26,32)(H,27,33)/t11-,13+,14+,16-,17-,18+/m0/s1. The van der Waals surface area contributed by atoms with Gasteiger partial charge >= 0.3 is 6.18 Å². The predicted molar refractivity (Wildman–Crippen MR) is 109 cm³/mol. The van der Waals surface area contributed by atoms with Gasteiger partial charge in [0, 0.05) is 11.5 Å². The van der Waals surface area contributed by atoms with Gasteiger partial charge in [0.05, 0.1) is 23.2 Å². The van der Waals surface area contributed by atoms with Crippen molar-refractivity contribution in [3.05, 3.63) is 52.6 Å². The van der Waals surface area contributed by atoms with E-state index in [1.807, 2.05) is 0 Å². The molecular formula is C22H19F3N2O8. The largest absolute Gasteiger partial charge is 0.504 e. The number of hydrogen-bond acceptors (Lipinski definition) is 8. The number of phenols is 1. The highest BCUT2D eigenvalue weighted by Gasteiger charge is 2.54. The van der Waals surface area contributed by atoms with Gasteiger partial charge in [0.2, 0.25) is 12.5 Å². The van der Waals surface area contributed by atoms with E-state index in [1.54, 1.807) is 0 Å². The number of ether oxygens (including phenoxy) is 2.